The van der Waals surface area contributed by atoms with Gasteiger partial charge in [0.05, 0.1) is 17.7 Å². The molecule has 0 amide bonds. The Kier molecular flexibility index (Phi) is 3.29. The van der Waals surface area contributed by atoms with Crippen LogP contribution in [0.1, 0.15) is 13.3 Å². The zero-order valence-electron chi connectivity index (χ0n) is 13.1. The summed E-state index contributed by atoms with van der Waals surface area (Å²) in [5.74, 6) is 0. The maximum absolute atomic E-state index is 12.8. The van der Waals surface area contributed by atoms with Gasteiger partial charge in [-0.05, 0) is 17.9 Å². The van der Waals surface area contributed by atoms with Crippen LogP contribution in [-0.2, 0) is 0 Å². The molecule has 4 heterocycles. The normalized spacial score (nSPS) is 30.7. The molecule has 1 unspecified atom stereocenters. The Morgan fingerprint density at radius 1 is 1.38 bits per heavy atom. The average Bonchev–Trinajstić information content (AvgIpc) is 2.69. The molecular formula is C16H17F3N4S. The molecule has 2 saturated heterocycles. The fourth-order valence-electron chi connectivity index (χ4n) is 3.80. The van der Waals surface area contributed by atoms with Crippen molar-refractivity contribution >= 4 is 11.8 Å². The van der Waals surface area contributed by atoms with E-state index in [1.807, 2.05) is 6.92 Å². The largest absolute Gasteiger partial charge is 0.393 e. The minimum absolute atomic E-state index is 0.277. The number of hydrogen-bond acceptors (Lipinski definition) is 5. The Morgan fingerprint density at radius 2 is 2.08 bits per heavy atom. The number of allylic oxidation sites excluding steroid dienone is 2. The van der Waals surface area contributed by atoms with Crippen LogP contribution < -0.4 is 10.6 Å². The molecule has 0 saturated carbocycles. The molecule has 8 heteroatoms. The van der Waals surface area contributed by atoms with E-state index in [1.165, 1.54) is 11.8 Å². The van der Waals surface area contributed by atoms with Gasteiger partial charge in [-0.15, -0.1) is 0 Å². The van der Waals surface area contributed by atoms with Crippen LogP contribution in [0.3, 0.4) is 0 Å². The minimum Gasteiger partial charge on any atom is -0.372 e. The lowest BCUT2D eigenvalue weighted by Crippen LogP contribution is -2.71. The van der Waals surface area contributed by atoms with Gasteiger partial charge >= 0.3 is 6.18 Å². The highest BCUT2D eigenvalue weighted by Crippen LogP contribution is 2.52. The Bertz CT molecular complexity index is 719. The second-order valence-electron chi connectivity index (χ2n) is 7.07. The van der Waals surface area contributed by atoms with Gasteiger partial charge in [0.1, 0.15) is 10.9 Å². The number of dihydropyridines is 1. The van der Waals surface area contributed by atoms with Crippen molar-refractivity contribution < 1.29 is 13.2 Å². The van der Waals surface area contributed by atoms with Crippen molar-refractivity contribution in [1.29, 1.82) is 5.26 Å². The lowest BCUT2D eigenvalue weighted by atomic mass is 9.73. The second-order valence-corrected chi connectivity index (χ2v) is 8.62. The lowest BCUT2D eigenvalue weighted by Gasteiger charge is -2.58. The van der Waals surface area contributed by atoms with Gasteiger partial charge in [-0.1, -0.05) is 11.8 Å². The van der Waals surface area contributed by atoms with Crippen LogP contribution in [0.5, 0.6) is 0 Å². The van der Waals surface area contributed by atoms with E-state index in [1.54, 1.807) is 12.3 Å². The molecule has 128 valence electrons. The monoisotopic (exact) mass is 354 g/mol. The second kappa shape index (κ2) is 4.96. The number of nitriles is 1. The SMILES string of the molecule is CC12NC=C(C#N)C(N3CC4(CNC4)C3)=C1C=C(CC(F)(F)F)S2. The van der Waals surface area contributed by atoms with Gasteiger partial charge in [0.25, 0.3) is 0 Å². The number of nitrogens with zero attached hydrogens (tertiary/aromatic N) is 2. The van der Waals surface area contributed by atoms with Crippen molar-refractivity contribution in [3.63, 3.8) is 0 Å². The molecule has 4 nitrogen and oxygen atoms in total. The van der Waals surface area contributed by atoms with Crippen molar-refractivity contribution in [2.75, 3.05) is 26.2 Å². The molecule has 1 atom stereocenters. The number of nitrogens with one attached hydrogen (secondary N) is 2. The predicted molar refractivity (Wildman–Crippen MR) is 85.5 cm³/mol. The van der Waals surface area contributed by atoms with Gasteiger partial charge in [0.15, 0.2) is 0 Å². The average molecular weight is 354 g/mol. The van der Waals surface area contributed by atoms with E-state index in [2.05, 4.69) is 21.6 Å². The summed E-state index contributed by atoms with van der Waals surface area (Å²) in [5, 5.41) is 15.8. The van der Waals surface area contributed by atoms with E-state index in [4.69, 9.17) is 0 Å². The molecular weight excluding hydrogens is 337 g/mol. The van der Waals surface area contributed by atoms with E-state index in [0.29, 0.717) is 5.57 Å². The molecule has 0 bridgehead atoms. The molecule has 0 aromatic heterocycles. The molecule has 4 rings (SSSR count). The van der Waals surface area contributed by atoms with Gasteiger partial charge in [-0.25, -0.2) is 0 Å². The maximum Gasteiger partial charge on any atom is 0.393 e. The molecule has 24 heavy (non-hydrogen) atoms. The fourth-order valence-corrected chi connectivity index (χ4v) is 5.12. The van der Waals surface area contributed by atoms with Crippen molar-refractivity contribution in [1.82, 2.24) is 15.5 Å². The zero-order chi connectivity index (χ0) is 17.2. The Balaban J connectivity index is 1.68. The summed E-state index contributed by atoms with van der Waals surface area (Å²) in [7, 11) is 0. The number of alkyl halides is 3. The molecule has 0 aliphatic carbocycles. The van der Waals surface area contributed by atoms with E-state index in [0.717, 1.165) is 37.4 Å². The first-order valence-corrected chi connectivity index (χ1v) is 8.60. The molecule has 1 spiro atoms. The predicted octanol–water partition coefficient (Wildman–Crippen LogP) is 2.46. The molecule has 2 fully saturated rings. The first-order chi connectivity index (χ1) is 11.2. The van der Waals surface area contributed by atoms with Crippen LogP contribution >= 0.6 is 11.8 Å². The molecule has 0 aromatic carbocycles. The lowest BCUT2D eigenvalue weighted by molar-refractivity contribution is -0.125. The van der Waals surface area contributed by atoms with E-state index in [9.17, 15) is 18.4 Å². The summed E-state index contributed by atoms with van der Waals surface area (Å²) in [6, 6.07) is 2.18. The van der Waals surface area contributed by atoms with Gasteiger partial charge in [0.2, 0.25) is 0 Å². The summed E-state index contributed by atoms with van der Waals surface area (Å²) in [6.07, 6.45) is -1.90. The Morgan fingerprint density at radius 3 is 2.62 bits per heavy atom. The number of halogens is 3. The van der Waals surface area contributed by atoms with Crippen LogP contribution in [0.2, 0.25) is 0 Å². The highest BCUT2D eigenvalue weighted by molar-refractivity contribution is 8.04. The summed E-state index contributed by atoms with van der Waals surface area (Å²) in [4.78, 5) is 1.78. The zero-order valence-corrected chi connectivity index (χ0v) is 13.9. The smallest absolute Gasteiger partial charge is 0.372 e. The quantitative estimate of drug-likeness (QED) is 0.798. The third-order valence-electron chi connectivity index (χ3n) is 5.02. The summed E-state index contributed by atoms with van der Waals surface area (Å²) >= 11 is 1.19. The highest BCUT2D eigenvalue weighted by Gasteiger charge is 2.51. The van der Waals surface area contributed by atoms with Gasteiger partial charge in [-0.3, -0.25) is 0 Å². The van der Waals surface area contributed by atoms with Crippen molar-refractivity contribution in [3.8, 4) is 6.07 Å². The van der Waals surface area contributed by atoms with Crippen LogP contribution in [0.15, 0.2) is 34.0 Å². The summed E-state index contributed by atoms with van der Waals surface area (Å²) in [6.45, 7) is 5.51. The van der Waals surface area contributed by atoms with Gasteiger partial charge < -0.3 is 15.5 Å². The number of thioether (sulfide) groups is 1. The molecule has 4 aliphatic rings. The number of likely N-dealkylation sites (tertiary alicyclic amines) is 1. The highest BCUT2D eigenvalue weighted by atomic mass is 32.2. The van der Waals surface area contributed by atoms with Crippen LogP contribution in [0, 0.1) is 16.7 Å². The van der Waals surface area contributed by atoms with E-state index in [-0.39, 0.29) is 10.3 Å². The molecule has 0 aromatic rings. The molecule has 0 radical (unpaired) electrons. The van der Waals surface area contributed by atoms with Crippen molar-refractivity contribution in [2.45, 2.75) is 24.4 Å². The standard InChI is InChI=1S/C16H17F3N4S/c1-14-12(2-11(24-14)3-16(17,18)19)13(10(4-20)5-22-14)23-8-15(9-23)6-21-7-15/h2,5,21-22H,3,6-9H2,1H3. The van der Waals surface area contributed by atoms with Gasteiger partial charge in [0, 0.05) is 43.4 Å². The first kappa shape index (κ1) is 15.9. The van der Waals surface area contributed by atoms with E-state index < -0.39 is 17.5 Å². The number of rotatable bonds is 2. The topological polar surface area (TPSA) is 51.1 Å². The van der Waals surface area contributed by atoms with Crippen LogP contribution in [0.25, 0.3) is 0 Å². The van der Waals surface area contributed by atoms with Gasteiger partial charge in [-0.2, -0.15) is 18.4 Å². The Labute approximate surface area is 142 Å². The van der Waals surface area contributed by atoms with Crippen molar-refractivity contribution in [2.24, 2.45) is 5.41 Å². The first-order valence-electron chi connectivity index (χ1n) is 7.79. The fraction of sp³-hybridized carbons (Fsp3) is 0.562. The molecule has 2 N–H and O–H groups in total. The number of hydrogen-bond donors (Lipinski definition) is 2. The van der Waals surface area contributed by atoms with Crippen LogP contribution in [0.4, 0.5) is 13.2 Å². The third-order valence-corrected chi connectivity index (χ3v) is 6.29. The number of fused-ring (bicyclic) bond motifs is 1. The van der Waals surface area contributed by atoms with Crippen molar-refractivity contribution in [3.05, 3.63) is 34.0 Å². The Hall–Kier alpha value is -1.59. The summed E-state index contributed by atoms with van der Waals surface area (Å²) in [5.41, 5.74) is 2.35. The third kappa shape index (κ3) is 2.42. The van der Waals surface area contributed by atoms with Crippen LogP contribution in [-0.4, -0.2) is 42.1 Å². The maximum atomic E-state index is 12.8. The minimum atomic E-state index is -4.23. The van der Waals surface area contributed by atoms with E-state index >= 15 is 0 Å². The molecule has 4 aliphatic heterocycles. The summed E-state index contributed by atoms with van der Waals surface area (Å²) < 4.78 is 38.3.